The first kappa shape index (κ1) is 17.1. The average molecular weight is 349 g/mol. The number of ether oxygens (including phenoxy) is 1. The van der Waals surface area contributed by atoms with Gasteiger partial charge in [0, 0.05) is 6.07 Å². The van der Waals surface area contributed by atoms with E-state index in [0.717, 1.165) is 12.1 Å². The van der Waals surface area contributed by atoms with Crippen molar-refractivity contribution in [2.75, 3.05) is 11.3 Å². The van der Waals surface area contributed by atoms with Gasteiger partial charge in [0.25, 0.3) is 10.0 Å². The van der Waals surface area contributed by atoms with Crippen LogP contribution < -0.4 is 9.46 Å². The largest absolute Gasteiger partial charge is 0.494 e. The average Bonchev–Trinajstić information content (AvgIpc) is 2.50. The summed E-state index contributed by atoms with van der Waals surface area (Å²) >= 11 is 0. The van der Waals surface area contributed by atoms with E-state index >= 15 is 0 Å². The van der Waals surface area contributed by atoms with Crippen LogP contribution in [-0.4, -0.2) is 15.0 Å². The Morgan fingerprint density at radius 2 is 1.52 bits per heavy atom. The fraction of sp³-hybridized carbons (Fsp3) is 0.143. The molecule has 23 heavy (non-hydrogen) atoms. The Morgan fingerprint density at radius 1 is 1.00 bits per heavy atom. The third kappa shape index (κ3) is 3.55. The highest BCUT2D eigenvalue weighted by atomic mass is 32.2. The normalized spacial score (nSPS) is 11.3. The maximum atomic E-state index is 13.5. The highest BCUT2D eigenvalue weighted by Crippen LogP contribution is 2.27. The van der Waals surface area contributed by atoms with E-state index in [1.165, 1.54) is 16.9 Å². The van der Waals surface area contributed by atoms with Crippen LogP contribution in [0, 0.1) is 23.3 Å². The molecular weight excluding hydrogens is 338 g/mol. The van der Waals surface area contributed by atoms with Gasteiger partial charge >= 0.3 is 0 Å². The number of sulfonamides is 1. The number of hydrogen-bond donors (Lipinski definition) is 1. The molecule has 0 aliphatic rings. The summed E-state index contributed by atoms with van der Waals surface area (Å²) in [5, 5.41) is 0. The number of hydrogen-bond acceptors (Lipinski definition) is 3. The van der Waals surface area contributed by atoms with Gasteiger partial charge in [0.1, 0.15) is 11.4 Å². The minimum atomic E-state index is -4.44. The quantitative estimate of drug-likeness (QED) is 0.665. The van der Waals surface area contributed by atoms with Crippen LogP contribution in [-0.2, 0) is 10.0 Å². The van der Waals surface area contributed by atoms with E-state index in [-0.39, 0.29) is 11.0 Å². The van der Waals surface area contributed by atoms with Gasteiger partial charge in [-0.1, -0.05) is 0 Å². The SMILES string of the molecule is CCOc1ccc(S(=O)(=O)Nc2c(F)c(F)cc(F)c2F)cc1. The summed E-state index contributed by atoms with van der Waals surface area (Å²) in [6, 6.07) is 4.89. The number of nitrogens with one attached hydrogen (secondary N) is 1. The second-order valence-electron chi connectivity index (χ2n) is 4.35. The summed E-state index contributed by atoms with van der Waals surface area (Å²) in [6.07, 6.45) is 0. The lowest BCUT2D eigenvalue weighted by Gasteiger charge is -2.11. The van der Waals surface area contributed by atoms with Crippen LogP contribution in [0.3, 0.4) is 0 Å². The number of halogens is 4. The standard InChI is InChI=1S/C14H11F4NO3S/c1-2-22-8-3-5-9(6-4-8)23(20,21)19-14-12(17)10(15)7-11(16)13(14)18/h3-7,19H,2H2,1H3. The molecule has 4 nitrogen and oxygen atoms in total. The van der Waals surface area contributed by atoms with Crippen LogP contribution in [0.25, 0.3) is 0 Å². The molecule has 0 unspecified atom stereocenters. The van der Waals surface area contributed by atoms with Gasteiger partial charge in [-0.05, 0) is 31.2 Å². The second-order valence-corrected chi connectivity index (χ2v) is 6.04. The Labute approximate surface area is 129 Å². The molecule has 0 radical (unpaired) electrons. The van der Waals surface area contributed by atoms with E-state index in [0.29, 0.717) is 12.4 Å². The Morgan fingerprint density at radius 3 is 2.00 bits per heavy atom. The lowest BCUT2D eigenvalue weighted by Crippen LogP contribution is -2.16. The predicted molar refractivity (Wildman–Crippen MR) is 74.7 cm³/mol. The zero-order chi connectivity index (χ0) is 17.2. The number of benzene rings is 2. The Hall–Kier alpha value is -2.29. The van der Waals surface area contributed by atoms with Crippen LogP contribution in [0.15, 0.2) is 35.2 Å². The maximum absolute atomic E-state index is 13.5. The fourth-order valence-electron chi connectivity index (χ4n) is 1.74. The van der Waals surface area contributed by atoms with Crippen molar-refractivity contribution in [1.29, 1.82) is 0 Å². The molecule has 2 aromatic rings. The van der Waals surface area contributed by atoms with E-state index in [4.69, 9.17) is 4.74 Å². The van der Waals surface area contributed by atoms with Crippen molar-refractivity contribution in [3.8, 4) is 5.75 Å². The maximum Gasteiger partial charge on any atom is 0.262 e. The van der Waals surface area contributed by atoms with Gasteiger partial charge in [-0.25, -0.2) is 26.0 Å². The number of anilines is 1. The first-order valence-electron chi connectivity index (χ1n) is 6.35. The smallest absolute Gasteiger partial charge is 0.262 e. The van der Waals surface area contributed by atoms with Crippen LogP contribution in [0.5, 0.6) is 5.75 Å². The molecule has 1 N–H and O–H groups in total. The van der Waals surface area contributed by atoms with Gasteiger partial charge in [-0.3, -0.25) is 4.72 Å². The van der Waals surface area contributed by atoms with Gasteiger partial charge in [-0.15, -0.1) is 0 Å². The van der Waals surface area contributed by atoms with Crippen LogP contribution >= 0.6 is 0 Å². The van der Waals surface area contributed by atoms with Crippen LogP contribution in [0.2, 0.25) is 0 Å². The molecule has 2 rings (SSSR count). The Balaban J connectivity index is 2.39. The molecule has 2 aromatic carbocycles. The van der Waals surface area contributed by atoms with Crippen LogP contribution in [0.4, 0.5) is 23.2 Å². The third-order valence-electron chi connectivity index (χ3n) is 2.79. The van der Waals surface area contributed by atoms with Crippen LogP contribution in [0.1, 0.15) is 6.92 Å². The summed E-state index contributed by atoms with van der Waals surface area (Å²) < 4.78 is 84.0. The van der Waals surface area contributed by atoms with Crippen molar-refractivity contribution < 1.29 is 30.7 Å². The molecule has 0 heterocycles. The van der Waals surface area contributed by atoms with Crippen molar-refractivity contribution in [2.24, 2.45) is 0 Å². The van der Waals surface area contributed by atoms with Gasteiger partial charge in [0.05, 0.1) is 11.5 Å². The summed E-state index contributed by atoms with van der Waals surface area (Å²) in [5.41, 5.74) is -1.42. The molecule has 0 atom stereocenters. The number of rotatable bonds is 5. The molecular formula is C14H11F4NO3S. The molecule has 0 bridgehead atoms. The van der Waals surface area contributed by atoms with Gasteiger partial charge in [0.2, 0.25) is 0 Å². The molecule has 0 saturated carbocycles. The summed E-state index contributed by atoms with van der Waals surface area (Å²) in [4.78, 5) is -0.357. The molecule has 0 aromatic heterocycles. The summed E-state index contributed by atoms with van der Waals surface area (Å²) in [6.45, 7) is 2.10. The van der Waals surface area contributed by atoms with E-state index in [9.17, 15) is 26.0 Å². The fourth-order valence-corrected chi connectivity index (χ4v) is 2.80. The van der Waals surface area contributed by atoms with E-state index < -0.39 is 39.0 Å². The Bertz CT molecular complexity index is 797. The summed E-state index contributed by atoms with van der Waals surface area (Å²) in [5.74, 6) is -6.71. The molecule has 0 aliphatic heterocycles. The first-order valence-corrected chi connectivity index (χ1v) is 7.83. The van der Waals surface area contributed by atoms with Gasteiger partial charge < -0.3 is 4.74 Å². The molecule has 0 saturated heterocycles. The molecule has 0 aliphatic carbocycles. The second kappa shape index (κ2) is 6.45. The lowest BCUT2D eigenvalue weighted by molar-refractivity contribution is 0.340. The lowest BCUT2D eigenvalue weighted by atomic mass is 10.3. The monoisotopic (exact) mass is 349 g/mol. The van der Waals surface area contributed by atoms with Crippen molar-refractivity contribution in [2.45, 2.75) is 11.8 Å². The molecule has 0 spiro atoms. The van der Waals surface area contributed by atoms with E-state index in [2.05, 4.69) is 0 Å². The third-order valence-corrected chi connectivity index (χ3v) is 4.16. The molecule has 0 fully saturated rings. The zero-order valence-corrected chi connectivity index (χ0v) is 12.6. The van der Waals surface area contributed by atoms with E-state index in [1.54, 1.807) is 6.92 Å². The van der Waals surface area contributed by atoms with Gasteiger partial charge in [0.15, 0.2) is 23.3 Å². The molecule has 124 valence electrons. The Kier molecular flexibility index (Phi) is 4.79. The minimum Gasteiger partial charge on any atom is -0.494 e. The predicted octanol–water partition coefficient (Wildman–Crippen LogP) is 3.44. The summed E-state index contributed by atoms with van der Waals surface area (Å²) in [7, 11) is -4.44. The van der Waals surface area contributed by atoms with Crippen molar-refractivity contribution in [1.82, 2.24) is 0 Å². The minimum absolute atomic E-state index is 0.0145. The molecule has 9 heteroatoms. The van der Waals surface area contributed by atoms with Crippen molar-refractivity contribution >= 4 is 15.7 Å². The highest BCUT2D eigenvalue weighted by molar-refractivity contribution is 7.92. The zero-order valence-electron chi connectivity index (χ0n) is 11.7. The topological polar surface area (TPSA) is 55.4 Å². The molecule has 0 amide bonds. The van der Waals surface area contributed by atoms with Gasteiger partial charge in [-0.2, -0.15) is 0 Å². The van der Waals surface area contributed by atoms with Crippen molar-refractivity contribution in [3.63, 3.8) is 0 Å². The van der Waals surface area contributed by atoms with E-state index in [1.807, 2.05) is 0 Å². The first-order chi connectivity index (χ1) is 10.8. The van der Waals surface area contributed by atoms with Crippen molar-refractivity contribution in [3.05, 3.63) is 53.6 Å². The highest BCUT2D eigenvalue weighted by Gasteiger charge is 2.24.